The van der Waals surface area contributed by atoms with Gasteiger partial charge in [0.25, 0.3) is 0 Å². The summed E-state index contributed by atoms with van der Waals surface area (Å²) in [7, 11) is 0. The number of furan rings is 1. The SMILES string of the molecule is CC(CO)COC(=O)CC(=O)c1cc2c(o1)C(=O)c1ccccc1C2=O. The molecule has 3 rings (SSSR count). The van der Waals surface area contributed by atoms with Crippen LogP contribution in [-0.2, 0) is 9.53 Å². The molecule has 7 heteroatoms. The predicted octanol–water partition coefficient (Wildman–Crippen LogP) is 1.80. The minimum atomic E-state index is -0.773. The molecule has 0 radical (unpaired) electrons. The molecule has 1 atom stereocenters. The number of carbonyl (C=O) groups excluding carboxylic acids is 4. The summed E-state index contributed by atoms with van der Waals surface area (Å²) in [5, 5.41) is 8.89. The van der Waals surface area contributed by atoms with Crippen LogP contribution in [0.5, 0.6) is 0 Å². The number of carbonyl (C=O) groups is 4. The average molecular weight is 356 g/mol. The number of ether oxygens (including phenoxy) is 1. The highest BCUT2D eigenvalue weighted by molar-refractivity contribution is 6.28. The maximum absolute atomic E-state index is 12.5. The Kier molecular flexibility index (Phi) is 4.81. The number of rotatable bonds is 6. The van der Waals surface area contributed by atoms with Gasteiger partial charge in [0.15, 0.2) is 17.3 Å². The number of esters is 1. The van der Waals surface area contributed by atoms with Crippen LogP contribution in [0.15, 0.2) is 34.7 Å². The van der Waals surface area contributed by atoms with Crippen LogP contribution in [0, 0.1) is 5.92 Å². The van der Waals surface area contributed by atoms with Gasteiger partial charge in [0.2, 0.25) is 11.6 Å². The molecule has 0 saturated carbocycles. The lowest BCUT2D eigenvalue weighted by molar-refractivity contribution is -0.144. The van der Waals surface area contributed by atoms with E-state index in [1.54, 1.807) is 19.1 Å². The van der Waals surface area contributed by atoms with Gasteiger partial charge >= 0.3 is 5.97 Å². The van der Waals surface area contributed by atoms with Gasteiger partial charge in [0.1, 0.15) is 6.42 Å². The van der Waals surface area contributed by atoms with Gasteiger partial charge in [-0.3, -0.25) is 19.2 Å². The highest BCUT2D eigenvalue weighted by atomic mass is 16.5. The van der Waals surface area contributed by atoms with Gasteiger partial charge in [0, 0.05) is 23.7 Å². The third-order valence-electron chi connectivity index (χ3n) is 4.02. The maximum Gasteiger partial charge on any atom is 0.313 e. The second-order valence-electron chi connectivity index (χ2n) is 6.13. The minimum Gasteiger partial charge on any atom is -0.465 e. The number of aliphatic hydroxyl groups is 1. The number of Topliss-reactive ketones (excluding diaryl/α,β-unsaturated/α-hetero) is 1. The summed E-state index contributed by atoms with van der Waals surface area (Å²) < 4.78 is 10.2. The summed E-state index contributed by atoms with van der Waals surface area (Å²) in [5.41, 5.74) is 0.484. The van der Waals surface area contributed by atoms with Crippen LogP contribution in [0.4, 0.5) is 0 Å². The van der Waals surface area contributed by atoms with E-state index in [-0.39, 0.29) is 47.3 Å². The fourth-order valence-corrected chi connectivity index (χ4v) is 2.57. The molecule has 1 heterocycles. The summed E-state index contributed by atoms with van der Waals surface area (Å²) in [6, 6.07) is 7.52. The van der Waals surface area contributed by atoms with E-state index in [9.17, 15) is 19.2 Å². The Morgan fingerprint density at radius 2 is 1.77 bits per heavy atom. The van der Waals surface area contributed by atoms with E-state index in [0.29, 0.717) is 0 Å². The predicted molar refractivity (Wildman–Crippen MR) is 88.2 cm³/mol. The van der Waals surface area contributed by atoms with Crippen LogP contribution in [0.2, 0.25) is 0 Å². The molecule has 1 aromatic carbocycles. The monoisotopic (exact) mass is 356 g/mol. The lowest BCUT2D eigenvalue weighted by atomic mass is 9.88. The quantitative estimate of drug-likeness (QED) is 0.407. The normalized spacial score (nSPS) is 13.8. The third kappa shape index (κ3) is 3.21. The molecule has 0 bridgehead atoms. The summed E-state index contributed by atoms with van der Waals surface area (Å²) >= 11 is 0. The van der Waals surface area contributed by atoms with Gasteiger partial charge in [-0.25, -0.2) is 0 Å². The van der Waals surface area contributed by atoms with Crippen LogP contribution in [0.25, 0.3) is 0 Å². The van der Waals surface area contributed by atoms with Crippen LogP contribution < -0.4 is 0 Å². The van der Waals surface area contributed by atoms with Gasteiger partial charge in [-0.2, -0.15) is 0 Å². The fourth-order valence-electron chi connectivity index (χ4n) is 2.57. The number of benzene rings is 1. The van der Waals surface area contributed by atoms with Crippen molar-refractivity contribution in [3.05, 3.63) is 58.5 Å². The van der Waals surface area contributed by atoms with E-state index in [0.717, 1.165) is 0 Å². The smallest absolute Gasteiger partial charge is 0.313 e. The van der Waals surface area contributed by atoms with Gasteiger partial charge in [0.05, 0.1) is 12.2 Å². The van der Waals surface area contributed by atoms with Crippen molar-refractivity contribution >= 4 is 23.3 Å². The molecule has 0 spiro atoms. The molecule has 7 nitrogen and oxygen atoms in total. The van der Waals surface area contributed by atoms with Crippen LogP contribution >= 0.6 is 0 Å². The number of hydrogen-bond acceptors (Lipinski definition) is 7. The fraction of sp³-hybridized carbons (Fsp3) is 0.263. The maximum atomic E-state index is 12.5. The lowest BCUT2D eigenvalue weighted by Gasteiger charge is -2.11. The zero-order valence-electron chi connectivity index (χ0n) is 14.0. The highest BCUT2D eigenvalue weighted by Crippen LogP contribution is 2.30. The molecule has 0 saturated heterocycles. The number of aliphatic hydroxyl groups excluding tert-OH is 1. The van der Waals surface area contributed by atoms with E-state index >= 15 is 0 Å². The molecule has 134 valence electrons. The Labute approximate surface area is 148 Å². The standard InChI is InChI=1S/C19H16O7/c1-10(8-20)9-25-16(22)7-14(21)15-6-13-17(23)11-4-2-3-5-12(11)18(24)19(13)26-15/h2-6,10,20H,7-9H2,1H3. The van der Waals surface area contributed by atoms with Crippen LogP contribution in [0.3, 0.4) is 0 Å². The van der Waals surface area contributed by atoms with Crippen molar-refractivity contribution in [2.45, 2.75) is 13.3 Å². The molecule has 1 N–H and O–H groups in total. The molecule has 0 aliphatic heterocycles. The minimum absolute atomic E-state index is 0.0104. The van der Waals surface area contributed by atoms with Crippen LogP contribution in [-0.4, -0.2) is 41.6 Å². The first kappa shape index (κ1) is 17.8. The molecular weight excluding hydrogens is 340 g/mol. The third-order valence-corrected chi connectivity index (χ3v) is 4.02. The molecular formula is C19H16O7. The molecule has 26 heavy (non-hydrogen) atoms. The van der Waals surface area contributed by atoms with Crippen molar-refractivity contribution in [2.75, 3.05) is 13.2 Å². The molecule has 1 aliphatic carbocycles. The number of hydrogen-bond donors (Lipinski definition) is 1. The van der Waals surface area contributed by atoms with Gasteiger partial charge < -0.3 is 14.3 Å². The topological polar surface area (TPSA) is 111 Å². The first-order valence-corrected chi connectivity index (χ1v) is 8.04. The molecule has 2 aromatic rings. The van der Waals surface area contributed by atoms with Gasteiger partial charge in [-0.1, -0.05) is 31.2 Å². The van der Waals surface area contributed by atoms with Gasteiger partial charge in [-0.15, -0.1) is 0 Å². The molecule has 0 fully saturated rings. The molecule has 1 aliphatic rings. The lowest BCUT2D eigenvalue weighted by Crippen LogP contribution is -2.18. The van der Waals surface area contributed by atoms with E-state index in [1.807, 2.05) is 0 Å². The van der Waals surface area contributed by atoms with Crippen molar-refractivity contribution in [1.29, 1.82) is 0 Å². The Bertz CT molecular complexity index is 854. The zero-order chi connectivity index (χ0) is 18.8. The number of fused-ring (bicyclic) bond motifs is 2. The Morgan fingerprint density at radius 1 is 1.12 bits per heavy atom. The van der Waals surface area contributed by atoms with Crippen LogP contribution in [0.1, 0.15) is 55.9 Å². The van der Waals surface area contributed by atoms with Crippen molar-refractivity contribution < 1.29 is 33.4 Å². The summed E-state index contributed by atoms with van der Waals surface area (Å²) in [4.78, 5) is 48.8. The average Bonchev–Trinajstić information content (AvgIpc) is 3.10. The summed E-state index contributed by atoms with van der Waals surface area (Å²) in [6.45, 7) is 1.53. The van der Waals surface area contributed by atoms with Crippen molar-refractivity contribution in [3.63, 3.8) is 0 Å². The zero-order valence-corrected chi connectivity index (χ0v) is 14.0. The second-order valence-corrected chi connectivity index (χ2v) is 6.13. The summed E-state index contributed by atoms with van der Waals surface area (Å²) in [5.74, 6) is -3.02. The van der Waals surface area contributed by atoms with E-state index < -0.39 is 29.7 Å². The summed E-state index contributed by atoms with van der Waals surface area (Å²) in [6.07, 6.45) is -0.583. The highest BCUT2D eigenvalue weighted by Gasteiger charge is 2.34. The van der Waals surface area contributed by atoms with Gasteiger partial charge in [-0.05, 0) is 6.07 Å². The Balaban J connectivity index is 1.78. The Morgan fingerprint density at radius 3 is 2.42 bits per heavy atom. The van der Waals surface area contributed by atoms with E-state index in [4.69, 9.17) is 14.3 Å². The van der Waals surface area contributed by atoms with Crippen molar-refractivity contribution in [3.8, 4) is 0 Å². The first-order valence-electron chi connectivity index (χ1n) is 8.04. The largest absolute Gasteiger partial charge is 0.465 e. The van der Waals surface area contributed by atoms with Crippen molar-refractivity contribution in [2.24, 2.45) is 5.92 Å². The molecule has 0 amide bonds. The van der Waals surface area contributed by atoms with E-state index in [1.165, 1.54) is 18.2 Å². The van der Waals surface area contributed by atoms with E-state index in [2.05, 4.69) is 0 Å². The Hall–Kier alpha value is -3.06. The molecule has 1 aromatic heterocycles. The number of ketones is 3. The van der Waals surface area contributed by atoms with Crippen molar-refractivity contribution in [1.82, 2.24) is 0 Å². The second kappa shape index (κ2) is 7.05. The molecule has 1 unspecified atom stereocenters. The first-order chi connectivity index (χ1) is 12.4.